The Kier molecular flexibility index (Phi) is 5.85. The smallest absolute Gasteiger partial charge is 0.291 e. The van der Waals surface area contributed by atoms with Crippen LogP contribution in [0.1, 0.15) is 42.1 Å². The van der Waals surface area contributed by atoms with Crippen LogP contribution in [0.4, 0.5) is 5.82 Å². The SMILES string of the molecule is CC(CN1CCN(c2ccccn2)CC1)NC(=O)c1nc(C2CC2)n(-c2ccccc2)n1. The summed E-state index contributed by atoms with van der Waals surface area (Å²) in [5.74, 6) is 2.36. The molecule has 1 aliphatic carbocycles. The Morgan fingerprint density at radius 2 is 1.81 bits per heavy atom. The topological polar surface area (TPSA) is 79.2 Å². The molecule has 1 saturated heterocycles. The number of anilines is 1. The molecule has 3 aromatic rings. The molecule has 1 amide bonds. The Labute approximate surface area is 188 Å². The number of aromatic nitrogens is 4. The van der Waals surface area contributed by atoms with Crippen LogP contribution in [0.3, 0.4) is 0 Å². The Bertz CT molecular complexity index is 1040. The largest absolute Gasteiger partial charge is 0.354 e. The van der Waals surface area contributed by atoms with Crippen molar-refractivity contribution in [1.82, 2.24) is 30.0 Å². The lowest BCUT2D eigenvalue weighted by Crippen LogP contribution is -2.51. The molecule has 2 fully saturated rings. The van der Waals surface area contributed by atoms with E-state index in [2.05, 4.69) is 36.2 Å². The molecule has 8 nitrogen and oxygen atoms in total. The van der Waals surface area contributed by atoms with Crippen molar-refractivity contribution >= 4 is 11.7 Å². The Hall–Kier alpha value is -3.26. The van der Waals surface area contributed by atoms with Gasteiger partial charge in [-0.15, -0.1) is 5.10 Å². The zero-order valence-corrected chi connectivity index (χ0v) is 18.4. The van der Waals surface area contributed by atoms with E-state index in [0.717, 1.165) is 62.9 Å². The highest BCUT2D eigenvalue weighted by atomic mass is 16.2. The van der Waals surface area contributed by atoms with E-state index in [1.807, 2.05) is 60.3 Å². The van der Waals surface area contributed by atoms with Crippen LogP contribution in [0.2, 0.25) is 0 Å². The van der Waals surface area contributed by atoms with E-state index in [1.165, 1.54) is 0 Å². The monoisotopic (exact) mass is 431 g/mol. The molecule has 1 saturated carbocycles. The minimum Gasteiger partial charge on any atom is -0.354 e. The molecule has 2 aliphatic rings. The number of pyridine rings is 1. The number of hydrogen-bond acceptors (Lipinski definition) is 6. The summed E-state index contributed by atoms with van der Waals surface area (Å²) in [6.07, 6.45) is 4.04. The average molecular weight is 432 g/mol. The van der Waals surface area contributed by atoms with Crippen LogP contribution in [-0.2, 0) is 0 Å². The normalized spacial score (nSPS) is 17.8. The summed E-state index contributed by atoms with van der Waals surface area (Å²) in [6, 6.07) is 15.9. The first-order valence-electron chi connectivity index (χ1n) is 11.4. The van der Waals surface area contributed by atoms with E-state index >= 15 is 0 Å². The molecule has 8 heteroatoms. The summed E-state index contributed by atoms with van der Waals surface area (Å²) < 4.78 is 1.83. The number of benzene rings is 1. The van der Waals surface area contributed by atoms with Gasteiger partial charge in [0.25, 0.3) is 5.91 Å². The predicted molar refractivity (Wildman–Crippen MR) is 123 cm³/mol. The van der Waals surface area contributed by atoms with E-state index in [4.69, 9.17) is 0 Å². The standard InChI is InChI=1S/C24H29N7O/c1-18(17-29-13-15-30(16-14-29)21-9-5-6-12-25-21)26-24(32)22-27-23(19-10-11-19)31(28-22)20-7-3-2-4-8-20/h2-9,12,18-19H,10-11,13-17H2,1H3,(H,26,32). The van der Waals surface area contributed by atoms with Gasteiger partial charge in [-0.1, -0.05) is 24.3 Å². The molecule has 0 bridgehead atoms. The summed E-state index contributed by atoms with van der Waals surface area (Å²) >= 11 is 0. The molecular formula is C24H29N7O. The predicted octanol–water partition coefficient (Wildman–Crippen LogP) is 2.48. The quantitative estimate of drug-likeness (QED) is 0.619. The van der Waals surface area contributed by atoms with E-state index in [9.17, 15) is 4.79 Å². The molecule has 5 rings (SSSR count). The van der Waals surface area contributed by atoms with Crippen LogP contribution in [0, 0.1) is 0 Å². The van der Waals surface area contributed by atoms with Crippen LogP contribution in [-0.4, -0.2) is 69.3 Å². The number of para-hydroxylation sites is 1. The molecule has 1 atom stereocenters. The Morgan fingerprint density at radius 3 is 2.50 bits per heavy atom. The molecule has 1 unspecified atom stereocenters. The summed E-state index contributed by atoms with van der Waals surface area (Å²) in [5.41, 5.74) is 0.944. The molecule has 0 radical (unpaired) electrons. The summed E-state index contributed by atoms with van der Waals surface area (Å²) in [7, 11) is 0. The van der Waals surface area contributed by atoms with Gasteiger partial charge in [0.1, 0.15) is 11.6 Å². The van der Waals surface area contributed by atoms with Gasteiger partial charge in [0, 0.05) is 50.9 Å². The van der Waals surface area contributed by atoms with Crippen molar-refractivity contribution in [3.8, 4) is 5.69 Å². The van der Waals surface area contributed by atoms with Crippen molar-refractivity contribution in [2.24, 2.45) is 0 Å². The average Bonchev–Trinajstić information content (AvgIpc) is 3.58. The molecule has 32 heavy (non-hydrogen) atoms. The number of carbonyl (C=O) groups is 1. The van der Waals surface area contributed by atoms with E-state index in [-0.39, 0.29) is 17.8 Å². The number of piperazine rings is 1. The minimum atomic E-state index is -0.207. The first-order valence-corrected chi connectivity index (χ1v) is 11.4. The Balaban J connectivity index is 1.18. The van der Waals surface area contributed by atoms with E-state index in [0.29, 0.717) is 5.92 Å². The van der Waals surface area contributed by atoms with Crippen molar-refractivity contribution in [2.75, 3.05) is 37.6 Å². The van der Waals surface area contributed by atoms with Crippen LogP contribution < -0.4 is 10.2 Å². The number of rotatable bonds is 7. The highest BCUT2D eigenvalue weighted by Crippen LogP contribution is 2.39. The molecule has 0 spiro atoms. The molecule has 2 aromatic heterocycles. The fourth-order valence-corrected chi connectivity index (χ4v) is 4.21. The van der Waals surface area contributed by atoms with Crippen molar-refractivity contribution in [2.45, 2.75) is 31.7 Å². The number of nitrogens with zero attached hydrogens (tertiary/aromatic N) is 6. The first kappa shape index (κ1) is 20.6. The van der Waals surface area contributed by atoms with Gasteiger partial charge < -0.3 is 10.2 Å². The maximum atomic E-state index is 12.9. The zero-order chi connectivity index (χ0) is 21.9. The van der Waals surface area contributed by atoms with Crippen molar-refractivity contribution in [3.05, 3.63) is 66.4 Å². The summed E-state index contributed by atoms with van der Waals surface area (Å²) in [5, 5.41) is 7.64. The summed E-state index contributed by atoms with van der Waals surface area (Å²) in [4.78, 5) is 26.6. The number of amides is 1. The lowest BCUT2D eigenvalue weighted by molar-refractivity contribution is 0.0917. The van der Waals surface area contributed by atoms with Gasteiger partial charge in [-0.2, -0.15) is 0 Å². The van der Waals surface area contributed by atoms with Gasteiger partial charge in [0.2, 0.25) is 5.82 Å². The molecule has 166 valence electrons. The van der Waals surface area contributed by atoms with Crippen LogP contribution in [0.5, 0.6) is 0 Å². The fraction of sp³-hybridized carbons (Fsp3) is 0.417. The molecule has 1 aliphatic heterocycles. The van der Waals surface area contributed by atoms with E-state index < -0.39 is 0 Å². The highest BCUT2D eigenvalue weighted by Gasteiger charge is 2.32. The number of nitrogens with one attached hydrogen (secondary N) is 1. The van der Waals surface area contributed by atoms with Gasteiger partial charge in [0.05, 0.1) is 5.69 Å². The van der Waals surface area contributed by atoms with Gasteiger partial charge in [-0.05, 0) is 44.0 Å². The zero-order valence-electron chi connectivity index (χ0n) is 18.4. The van der Waals surface area contributed by atoms with Crippen LogP contribution in [0.25, 0.3) is 5.69 Å². The lowest BCUT2D eigenvalue weighted by atomic mass is 10.2. The second-order valence-corrected chi connectivity index (χ2v) is 8.67. The maximum absolute atomic E-state index is 12.9. The second-order valence-electron chi connectivity index (χ2n) is 8.67. The van der Waals surface area contributed by atoms with Gasteiger partial charge in [0.15, 0.2) is 0 Å². The second kappa shape index (κ2) is 9.08. The molecule has 3 heterocycles. The van der Waals surface area contributed by atoms with Gasteiger partial charge in [-0.3, -0.25) is 9.69 Å². The van der Waals surface area contributed by atoms with E-state index in [1.54, 1.807) is 0 Å². The summed E-state index contributed by atoms with van der Waals surface area (Å²) in [6.45, 7) is 6.61. The van der Waals surface area contributed by atoms with Gasteiger partial charge >= 0.3 is 0 Å². The molecule has 1 N–H and O–H groups in total. The molecule has 1 aromatic carbocycles. The van der Waals surface area contributed by atoms with Crippen LogP contribution in [0.15, 0.2) is 54.7 Å². The highest BCUT2D eigenvalue weighted by molar-refractivity contribution is 5.90. The van der Waals surface area contributed by atoms with Crippen LogP contribution >= 0.6 is 0 Å². The fourth-order valence-electron chi connectivity index (χ4n) is 4.21. The van der Waals surface area contributed by atoms with Crippen molar-refractivity contribution < 1.29 is 4.79 Å². The van der Waals surface area contributed by atoms with Crippen molar-refractivity contribution in [1.29, 1.82) is 0 Å². The van der Waals surface area contributed by atoms with Crippen molar-refractivity contribution in [3.63, 3.8) is 0 Å². The van der Waals surface area contributed by atoms with Gasteiger partial charge in [-0.25, -0.2) is 14.6 Å². The lowest BCUT2D eigenvalue weighted by Gasteiger charge is -2.36. The first-order chi connectivity index (χ1) is 15.7. The third kappa shape index (κ3) is 4.65. The Morgan fingerprint density at radius 1 is 1.06 bits per heavy atom. The maximum Gasteiger partial charge on any atom is 0.291 e. The molecular weight excluding hydrogens is 402 g/mol. The number of hydrogen-bond donors (Lipinski definition) is 1. The minimum absolute atomic E-state index is 0.0111. The third-order valence-electron chi connectivity index (χ3n) is 6.03. The third-order valence-corrected chi connectivity index (χ3v) is 6.03. The number of carbonyl (C=O) groups excluding carboxylic acids is 1.